The SMILES string of the molecule is C=CNC(CCC)CC(C)C(CC)NCC1CCC(OF)CC1. The van der Waals surface area contributed by atoms with Gasteiger partial charge in [0, 0.05) is 12.1 Å². The van der Waals surface area contributed by atoms with Crippen molar-refractivity contribution in [1.29, 1.82) is 0 Å². The van der Waals surface area contributed by atoms with Crippen LogP contribution in [0.25, 0.3) is 0 Å². The number of hydrogen-bond donors (Lipinski definition) is 2. The molecule has 1 aliphatic carbocycles. The van der Waals surface area contributed by atoms with Crippen molar-refractivity contribution >= 4 is 0 Å². The minimum Gasteiger partial charge on any atom is -0.389 e. The highest BCUT2D eigenvalue weighted by Gasteiger charge is 2.24. The van der Waals surface area contributed by atoms with E-state index < -0.39 is 0 Å². The van der Waals surface area contributed by atoms with Crippen LogP contribution in [-0.4, -0.2) is 24.7 Å². The smallest absolute Gasteiger partial charge is 0.0984 e. The Balaban J connectivity index is 2.35. The highest BCUT2D eigenvalue weighted by atomic mass is 19.3. The summed E-state index contributed by atoms with van der Waals surface area (Å²) in [4.78, 5) is 3.98. The molecule has 0 saturated heterocycles. The molecule has 0 aromatic rings. The molecular formula is C19H37FN2O. The summed E-state index contributed by atoms with van der Waals surface area (Å²) in [5.41, 5.74) is 0. The van der Waals surface area contributed by atoms with Crippen LogP contribution < -0.4 is 10.6 Å². The Hall–Kier alpha value is -0.610. The Morgan fingerprint density at radius 2 is 1.96 bits per heavy atom. The molecule has 1 rings (SSSR count). The zero-order valence-electron chi connectivity index (χ0n) is 15.3. The van der Waals surface area contributed by atoms with Crippen molar-refractivity contribution in [2.75, 3.05) is 6.54 Å². The van der Waals surface area contributed by atoms with Crippen LogP contribution in [0.4, 0.5) is 4.53 Å². The zero-order valence-corrected chi connectivity index (χ0v) is 15.3. The second-order valence-electron chi connectivity index (χ2n) is 7.22. The van der Waals surface area contributed by atoms with Crippen molar-refractivity contribution in [3.8, 4) is 0 Å². The van der Waals surface area contributed by atoms with E-state index >= 15 is 0 Å². The van der Waals surface area contributed by atoms with Crippen molar-refractivity contribution in [2.45, 2.75) is 90.3 Å². The van der Waals surface area contributed by atoms with E-state index in [1.807, 2.05) is 6.20 Å². The van der Waals surface area contributed by atoms with Crippen LogP contribution in [0.1, 0.15) is 72.1 Å². The fraction of sp³-hybridized carbons (Fsp3) is 0.895. The minimum absolute atomic E-state index is 0.160. The lowest BCUT2D eigenvalue weighted by Crippen LogP contribution is -2.41. The molecule has 0 aliphatic heterocycles. The van der Waals surface area contributed by atoms with Crippen LogP contribution >= 0.6 is 0 Å². The first-order valence-corrected chi connectivity index (χ1v) is 9.52. The van der Waals surface area contributed by atoms with E-state index in [2.05, 4.69) is 42.9 Å². The maximum absolute atomic E-state index is 12.2. The molecular weight excluding hydrogens is 291 g/mol. The molecule has 3 atom stereocenters. The third-order valence-corrected chi connectivity index (χ3v) is 5.36. The van der Waals surface area contributed by atoms with E-state index in [4.69, 9.17) is 0 Å². The van der Waals surface area contributed by atoms with E-state index in [-0.39, 0.29) is 6.10 Å². The van der Waals surface area contributed by atoms with E-state index in [1.54, 1.807) is 0 Å². The number of halogens is 1. The molecule has 3 nitrogen and oxygen atoms in total. The second kappa shape index (κ2) is 11.9. The largest absolute Gasteiger partial charge is 0.389 e. The summed E-state index contributed by atoms with van der Waals surface area (Å²) >= 11 is 0. The molecule has 4 heteroatoms. The molecule has 3 unspecified atom stereocenters. The maximum atomic E-state index is 12.2. The van der Waals surface area contributed by atoms with Crippen molar-refractivity contribution in [3.63, 3.8) is 0 Å². The molecule has 2 N–H and O–H groups in total. The summed E-state index contributed by atoms with van der Waals surface area (Å²) in [6.07, 6.45) is 10.2. The van der Waals surface area contributed by atoms with Gasteiger partial charge in [-0.1, -0.05) is 33.8 Å². The fourth-order valence-corrected chi connectivity index (χ4v) is 3.89. The molecule has 1 fully saturated rings. The van der Waals surface area contributed by atoms with Gasteiger partial charge in [-0.25, -0.2) is 0 Å². The fourth-order valence-electron chi connectivity index (χ4n) is 3.89. The predicted molar refractivity (Wildman–Crippen MR) is 95.8 cm³/mol. The van der Waals surface area contributed by atoms with Gasteiger partial charge in [0.2, 0.25) is 0 Å². The quantitative estimate of drug-likeness (QED) is 0.543. The lowest BCUT2D eigenvalue weighted by Gasteiger charge is -2.31. The van der Waals surface area contributed by atoms with Gasteiger partial charge < -0.3 is 10.6 Å². The summed E-state index contributed by atoms with van der Waals surface area (Å²) in [6.45, 7) is 11.7. The molecule has 0 heterocycles. The summed E-state index contributed by atoms with van der Waals surface area (Å²) in [7, 11) is 0. The van der Waals surface area contributed by atoms with Crippen LogP contribution in [-0.2, 0) is 4.94 Å². The van der Waals surface area contributed by atoms with Gasteiger partial charge in [-0.15, -0.1) is 0 Å². The maximum Gasteiger partial charge on any atom is 0.0984 e. The van der Waals surface area contributed by atoms with Gasteiger partial charge in [-0.3, -0.25) is 0 Å². The molecule has 1 saturated carbocycles. The van der Waals surface area contributed by atoms with Crippen molar-refractivity contribution in [3.05, 3.63) is 12.8 Å². The average molecular weight is 329 g/mol. The molecule has 0 amide bonds. The first kappa shape index (κ1) is 20.4. The Bertz CT molecular complexity index is 306. The highest BCUT2D eigenvalue weighted by Crippen LogP contribution is 2.26. The zero-order chi connectivity index (χ0) is 17.1. The molecule has 0 spiro atoms. The van der Waals surface area contributed by atoms with Crippen LogP contribution in [0.5, 0.6) is 0 Å². The Morgan fingerprint density at radius 3 is 2.48 bits per heavy atom. The standard InChI is InChI=1S/C19H37FN2O/c1-5-8-17(21-7-3)13-15(4)19(6-2)22-14-16-9-11-18(23-20)12-10-16/h7,15-19,21-22H,3,5-6,8-14H2,1-2,4H3. The number of hydrogen-bond acceptors (Lipinski definition) is 3. The van der Waals surface area contributed by atoms with E-state index in [1.165, 1.54) is 19.3 Å². The summed E-state index contributed by atoms with van der Waals surface area (Å²) in [5.74, 6) is 1.30. The van der Waals surface area contributed by atoms with Crippen LogP contribution in [0.2, 0.25) is 0 Å². The van der Waals surface area contributed by atoms with Crippen molar-refractivity contribution in [2.24, 2.45) is 11.8 Å². The topological polar surface area (TPSA) is 33.3 Å². The molecule has 0 aromatic carbocycles. The summed E-state index contributed by atoms with van der Waals surface area (Å²) in [6, 6.07) is 1.08. The van der Waals surface area contributed by atoms with Gasteiger partial charge in [0.25, 0.3) is 0 Å². The lowest BCUT2D eigenvalue weighted by atomic mass is 9.86. The Kier molecular flexibility index (Phi) is 10.5. The Morgan fingerprint density at radius 1 is 1.26 bits per heavy atom. The normalized spacial score (nSPS) is 25.6. The summed E-state index contributed by atoms with van der Waals surface area (Å²) in [5, 5.41) is 7.17. The predicted octanol–water partition coefficient (Wildman–Crippen LogP) is 4.74. The molecule has 23 heavy (non-hydrogen) atoms. The van der Waals surface area contributed by atoms with Gasteiger partial charge in [-0.2, -0.15) is 4.94 Å². The van der Waals surface area contributed by atoms with Gasteiger partial charge >= 0.3 is 0 Å². The molecule has 0 aromatic heterocycles. The minimum atomic E-state index is -0.160. The molecule has 1 aliphatic rings. The average Bonchev–Trinajstić information content (AvgIpc) is 2.56. The van der Waals surface area contributed by atoms with Crippen LogP contribution in [0.15, 0.2) is 12.8 Å². The monoisotopic (exact) mass is 328 g/mol. The summed E-state index contributed by atoms with van der Waals surface area (Å²) < 4.78 is 12.2. The van der Waals surface area contributed by atoms with E-state index in [0.29, 0.717) is 23.9 Å². The third kappa shape index (κ3) is 7.67. The van der Waals surface area contributed by atoms with Gasteiger partial charge in [0.05, 0.1) is 6.10 Å². The van der Waals surface area contributed by atoms with Crippen LogP contribution in [0.3, 0.4) is 0 Å². The van der Waals surface area contributed by atoms with Crippen molar-refractivity contribution in [1.82, 2.24) is 10.6 Å². The van der Waals surface area contributed by atoms with Gasteiger partial charge in [0.15, 0.2) is 0 Å². The highest BCUT2D eigenvalue weighted by molar-refractivity contribution is 4.82. The number of nitrogens with one attached hydrogen (secondary N) is 2. The molecule has 0 radical (unpaired) electrons. The first-order valence-electron chi connectivity index (χ1n) is 9.52. The Labute approximate surface area is 142 Å². The third-order valence-electron chi connectivity index (χ3n) is 5.36. The van der Waals surface area contributed by atoms with Crippen molar-refractivity contribution < 1.29 is 9.47 Å². The van der Waals surface area contributed by atoms with Gasteiger partial charge in [0.1, 0.15) is 0 Å². The first-order chi connectivity index (χ1) is 11.1. The number of rotatable bonds is 12. The second-order valence-corrected chi connectivity index (χ2v) is 7.22. The van der Waals surface area contributed by atoms with E-state index in [0.717, 1.165) is 38.6 Å². The lowest BCUT2D eigenvalue weighted by molar-refractivity contribution is -0.189. The molecule has 136 valence electrons. The van der Waals surface area contributed by atoms with Crippen LogP contribution in [0, 0.1) is 11.8 Å². The van der Waals surface area contributed by atoms with E-state index in [9.17, 15) is 4.53 Å². The molecule has 0 bridgehead atoms. The van der Waals surface area contributed by atoms with Gasteiger partial charge in [-0.05, 0) is 74.1 Å².